The largest absolute Gasteiger partial charge is 1.00 e. The van der Waals surface area contributed by atoms with E-state index in [0.29, 0.717) is 12.5 Å². The fourth-order valence-electron chi connectivity index (χ4n) is 0.0680. The van der Waals surface area contributed by atoms with Crippen molar-refractivity contribution in [1.29, 1.82) is 0 Å². The topological polar surface area (TPSA) is 110 Å². The van der Waals surface area contributed by atoms with E-state index in [9.17, 15) is 18.9 Å². The summed E-state index contributed by atoms with van der Waals surface area (Å²) in [6, 6.07) is 0. The maximum Gasteiger partial charge on any atom is 1.00 e. The molecule has 0 aliphatic carbocycles. The van der Waals surface area contributed by atoms with Crippen LogP contribution in [0.5, 0.6) is 0 Å². The first-order chi connectivity index (χ1) is 5.40. The minimum Gasteiger partial charge on any atom is -0.781 e. The molecule has 0 amide bonds. The van der Waals surface area contributed by atoms with Gasteiger partial charge in [0.1, 0.15) is 16.5 Å². The molecule has 10 heteroatoms. The van der Waals surface area contributed by atoms with Crippen LogP contribution in [-0.2, 0) is 13.4 Å². The molecule has 76 valence electrons. The van der Waals surface area contributed by atoms with Crippen molar-refractivity contribution < 1.29 is 87.4 Å². The van der Waals surface area contributed by atoms with Crippen LogP contribution in [0, 0.1) is 5.92 Å². The van der Waals surface area contributed by atoms with Gasteiger partial charge in [-0.05, 0) is 5.92 Å². The quantitative estimate of drug-likeness (QED) is 0.400. The minimum absolute atomic E-state index is 0. The summed E-state index contributed by atoms with van der Waals surface area (Å²) in [6.07, 6.45) is 0. The Morgan fingerprint density at radius 1 is 1.21 bits per heavy atom. The molecule has 2 atom stereocenters. The Morgan fingerprint density at radius 2 is 1.43 bits per heavy atom. The zero-order valence-electron chi connectivity index (χ0n) is 8.77. The van der Waals surface area contributed by atoms with Gasteiger partial charge in [0.05, 0.1) is 0 Å². The van der Waals surface area contributed by atoms with Gasteiger partial charge in [-0.15, -0.1) is 0 Å². The Balaban J connectivity index is -0.0000000651. The fraction of sp³-hybridized carbons (Fsp3) is 1.00. The average molecular weight is 264 g/mol. The number of rotatable bonds is 3. The van der Waals surface area contributed by atoms with Gasteiger partial charge in [-0.1, -0.05) is 13.8 Å². The molecular formula is C4H12Na2O6P2. The second-order valence-corrected chi connectivity index (χ2v) is 3.99. The molecule has 0 aliphatic rings. The number of aliphatic hydroxyl groups is 1. The summed E-state index contributed by atoms with van der Waals surface area (Å²) >= 11 is 0. The fourth-order valence-corrected chi connectivity index (χ4v) is 0.612. The van der Waals surface area contributed by atoms with E-state index in [1.165, 1.54) is 0 Å². The van der Waals surface area contributed by atoms with Crippen LogP contribution < -0.4 is 68.9 Å². The molecule has 0 saturated heterocycles. The van der Waals surface area contributed by atoms with Crippen LogP contribution in [0.1, 0.15) is 13.8 Å². The van der Waals surface area contributed by atoms with E-state index in [4.69, 9.17) is 5.11 Å². The molecule has 0 saturated carbocycles. The molecule has 1 N–H and O–H groups in total. The predicted octanol–water partition coefficient (Wildman–Crippen LogP) is -6.85. The van der Waals surface area contributed by atoms with Gasteiger partial charge in [-0.3, -0.25) is 4.31 Å². The van der Waals surface area contributed by atoms with Crippen LogP contribution in [0.3, 0.4) is 0 Å². The summed E-state index contributed by atoms with van der Waals surface area (Å²) in [5.74, 6) is 0.440. The number of aliphatic hydroxyl groups excluding tert-OH is 1. The normalized spacial score (nSPS) is 12.7. The monoisotopic (exact) mass is 264 g/mol. The van der Waals surface area contributed by atoms with Crippen molar-refractivity contribution in [3.8, 4) is 0 Å². The van der Waals surface area contributed by atoms with Crippen LogP contribution in [0.25, 0.3) is 0 Å². The maximum absolute atomic E-state index is 9.29. The summed E-state index contributed by atoms with van der Waals surface area (Å²) < 4.78 is 21.8. The van der Waals surface area contributed by atoms with E-state index in [-0.39, 0.29) is 59.1 Å². The van der Waals surface area contributed by atoms with Crippen molar-refractivity contribution in [2.24, 2.45) is 5.92 Å². The van der Waals surface area contributed by atoms with E-state index < -0.39 is 16.5 Å². The molecule has 0 aliphatic heterocycles. The standard InChI is InChI=1S/C4H10O.2Na.H4O5P2/c1-4(2)3-5;;;1-6(2)5-7(3)4/h4-5H,3H2,1-2H3;;;6-7H,(H,1,2)(H,3,4)/q;2*+1;/p-2. The molecule has 0 aromatic heterocycles. The molecule has 6 nitrogen and oxygen atoms in total. The molecule has 0 fully saturated rings. The SMILES string of the molecule is CC(C)CO.O=[PH]([O-])O[PH](=O)[O-].[Na+].[Na+]. The first-order valence-electron chi connectivity index (χ1n) is 3.10. The van der Waals surface area contributed by atoms with Crippen molar-refractivity contribution in [3.63, 3.8) is 0 Å². The third-order valence-electron chi connectivity index (χ3n) is 0.532. The second kappa shape index (κ2) is 17.7. The maximum atomic E-state index is 9.29. The molecule has 2 unspecified atom stereocenters. The molecule has 0 rings (SSSR count). The van der Waals surface area contributed by atoms with Gasteiger partial charge in [0.2, 0.25) is 0 Å². The van der Waals surface area contributed by atoms with E-state index in [1.54, 1.807) is 0 Å². The average Bonchev–Trinajstić information content (AvgIpc) is 1.85. The molecule has 0 bridgehead atoms. The Morgan fingerprint density at radius 3 is 1.43 bits per heavy atom. The van der Waals surface area contributed by atoms with Gasteiger partial charge in [0.25, 0.3) is 0 Å². The second-order valence-electron chi connectivity index (χ2n) is 2.18. The van der Waals surface area contributed by atoms with Crippen molar-refractivity contribution in [1.82, 2.24) is 0 Å². The number of hydrogen-bond acceptors (Lipinski definition) is 6. The van der Waals surface area contributed by atoms with Gasteiger partial charge in [0.15, 0.2) is 0 Å². The molecular weight excluding hydrogens is 252 g/mol. The zero-order valence-corrected chi connectivity index (χ0v) is 14.8. The number of hydrogen-bond donors (Lipinski definition) is 1. The van der Waals surface area contributed by atoms with Gasteiger partial charge in [0, 0.05) is 6.61 Å². The molecule has 0 spiro atoms. The molecule has 0 aromatic carbocycles. The zero-order chi connectivity index (χ0) is 10.1. The summed E-state index contributed by atoms with van der Waals surface area (Å²) in [5.41, 5.74) is 0. The molecule has 0 radical (unpaired) electrons. The Bertz CT molecular complexity index is 143. The van der Waals surface area contributed by atoms with Gasteiger partial charge in [-0.2, -0.15) is 0 Å². The van der Waals surface area contributed by atoms with Crippen LogP contribution in [0.2, 0.25) is 0 Å². The first-order valence-corrected chi connectivity index (χ1v) is 5.55. The summed E-state index contributed by atoms with van der Waals surface area (Å²) in [5, 5.41) is 8.14. The Labute approximate surface area is 129 Å². The third kappa shape index (κ3) is 36.7. The van der Waals surface area contributed by atoms with E-state index >= 15 is 0 Å². The van der Waals surface area contributed by atoms with Gasteiger partial charge >= 0.3 is 59.1 Å². The molecule has 0 heterocycles. The molecule has 0 aromatic rings. The van der Waals surface area contributed by atoms with Crippen LogP contribution in [0.4, 0.5) is 0 Å². The smallest absolute Gasteiger partial charge is 0.781 e. The minimum atomic E-state index is -3.51. The van der Waals surface area contributed by atoms with Crippen LogP contribution >= 0.6 is 16.5 Å². The van der Waals surface area contributed by atoms with Crippen LogP contribution in [-0.4, -0.2) is 11.7 Å². The van der Waals surface area contributed by atoms with E-state index in [0.717, 1.165) is 0 Å². The summed E-state index contributed by atoms with van der Waals surface area (Å²) in [6.45, 7) is 4.25. The van der Waals surface area contributed by atoms with E-state index in [1.807, 2.05) is 13.8 Å². The van der Waals surface area contributed by atoms with Crippen LogP contribution in [0.15, 0.2) is 0 Å². The van der Waals surface area contributed by atoms with E-state index in [2.05, 4.69) is 4.31 Å². The Kier molecular flexibility index (Phi) is 31.9. The summed E-state index contributed by atoms with van der Waals surface area (Å²) in [4.78, 5) is 18.6. The molecule has 14 heavy (non-hydrogen) atoms. The third-order valence-corrected chi connectivity index (χ3v) is 1.87. The predicted molar refractivity (Wildman–Crippen MR) is 41.0 cm³/mol. The summed E-state index contributed by atoms with van der Waals surface area (Å²) in [7, 11) is -7.03. The van der Waals surface area contributed by atoms with Gasteiger partial charge < -0.3 is 24.0 Å². The first kappa shape index (κ1) is 25.2. The van der Waals surface area contributed by atoms with Crippen molar-refractivity contribution in [2.75, 3.05) is 6.61 Å². The van der Waals surface area contributed by atoms with Crippen molar-refractivity contribution in [2.45, 2.75) is 13.8 Å². The van der Waals surface area contributed by atoms with Gasteiger partial charge in [-0.25, -0.2) is 0 Å². The van der Waals surface area contributed by atoms with Crippen molar-refractivity contribution >= 4 is 16.5 Å². The van der Waals surface area contributed by atoms with Crippen molar-refractivity contribution in [3.05, 3.63) is 0 Å². The Hall–Kier alpha value is 2.30.